The molecule has 0 bridgehead atoms. The first-order valence-electron chi connectivity index (χ1n) is 9.99. The van der Waals surface area contributed by atoms with Crippen LogP contribution in [0.5, 0.6) is 0 Å². The minimum absolute atomic E-state index is 0.0628. The van der Waals surface area contributed by atoms with Gasteiger partial charge in [0.25, 0.3) is 17.5 Å². The van der Waals surface area contributed by atoms with Gasteiger partial charge in [0, 0.05) is 16.5 Å². The molecule has 0 atom stereocenters. The molecular formula is C24H17N3O4S3. The Morgan fingerprint density at radius 1 is 1.12 bits per heavy atom. The predicted octanol–water partition coefficient (Wildman–Crippen LogP) is 5.60. The van der Waals surface area contributed by atoms with Gasteiger partial charge in [0.05, 0.1) is 14.7 Å². The second-order valence-electron chi connectivity index (χ2n) is 7.22. The van der Waals surface area contributed by atoms with Crippen molar-refractivity contribution >= 4 is 63.6 Å². The Morgan fingerprint density at radius 2 is 1.82 bits per heavy atom. The standard InChI is InChI=1S/C24H17N3O4S3/c1-15-7-10-18(11-8-15)33-20-12-9-16(13-19(20)27(30)31)14-21-23(29)26(24(32)34-21)25-22(28)17-5-3-2-4-6-17/h2-14H,1H3,(H,25,28)/b21-14-. The number of thioether (sulfide) groups is 1. The van der Waals surface area contributed by atoms with Gasteiger partial charge in [-0.25, -0.2) is 0 Å². The second kappa shape index (κ2) is 10.2. The van der Waals surface area contributed by atoms with E-state index in [1.165, 1.54) is 23.9 Å². The minimum Gasteiger partial charge on any atom is -0.267 e. The Morgan fingerprint density at radius 3 is 2.50 bits per heavy atom. The number of carbonyl (C=O) groups excluding carboxylic acids is 2. The van der Waals surface area contributed by atoms with Crippen LogP contribution in [0.1, 0.15) is 21.5 Å². The molecule has 1 aliphatic heterocycles. The molecule has 1 heterocycles. The molecule has 7 nitrogen and oxygen atoms in total. The number of nitrogens with zero attached hydrogens (tertiary/aromatic N) is 2. The maximum Gasteiger partial charge on any atom is 0.285 e. The number of amides is 2. The van der Waals surface area contributed by atoms with Crippen LogP contribution in [0.25, 0.3) is 6.08 Å². The van der Waals surface area contributed by atoms with Gasteiger partial charge >= 0.3 is 0 Å². The number of thiocarbonyl (C=S) groups is 1. The van der Waals surface area contributed by atoms with Crippen LogP contribution in [0, 0.1) is 17.0 Å². The molecule has 3 aromatic rings. The zero-order valence-electron chi connectivity index (χ0n) is 17.8. The van der Waals surface area contributed by atoms with Crippen molar-refractivity contribution in [2.24, 2.45) is 0 Å². The van der Waals surface area contributed by atoms with E-state index in [1.807, 2.05) is 31.2 Å². The van der Waals surface area contributed by atoms with Crippen LogP contribution >= 0.6 is 35.7 Å². The van der Waals surface area contributed by atoms with Gasteiger partial charge in [0.2, 0.25) is 0 Å². The van der Waals surface area contributed by atoms with E-state index >= 15 is 0 Å². The van der Waals surface area contributed by atoms with Crippen LogP contribution in [-0.2, 0) is 4.79 Å². The molecule has 0 aliphatic carbocycles. The van der Waals surface area contributed by atoms with Crippen molar-refractivity contribution in [3.05, 3.63) is 105 Å². The number of nitrogens with one attached hydrogen (secondary N) is 1. The number of carbonyl (C=O) groups is 2. The van der Waals surface area contributed by atoms with Crippen LogP contribution in [0.15, 0.2) is 87.5 Å². The van der Waals surface area contributed by atoms with Crippen molar-refractivity contribution in [2.75, 3.05) is 0 Å². The van der Waals surface area contributed by atoms with Crippen LogP contribution in [0.2, 0.25) is 0 Å². The molecule has 1 fully saturated rings. The van der Waals surface area contributed by atoms with E-state index in [0.29, 0.717) is 16.0 Å². The molecule has 2 amide bonds. The number of benzene rings is 3. The number of rotatable bonds is 6. The molecule has 34 heavy (non-hydrogen) atoms. The highest BCUT2D eigenvalue weighted by Gasteiger charge is 2.34. The molecule has 10 heteroatoms. The Hall–Kier alpha value is -3.47. The fraction of sp³-hybridized carbons (Fsp3) is 0.0417. The summed E-state index contributed by atoms with van der Waals surface area (Å²) >= 11 is 7.56. The lowest BCUT2D eigenvalue weighted by Crippen LogP contribution is -2.44. The van der Waals surface area contributed by atoms with E-state index in [-0.39, 0.29) is 14.9 Å². The first-order valence-corrected chi connectivity index (χ1v) is 12.0. The number of hydrogen-bond acceptors (Lipinski definition) is 7. The molecule has 0 radical (unpaired) electrons. The number of aryl methyl sites for hydroxylation is 1. The van der Waals surface area contributed by atoms with Crippen molar-refractivity contribution in [2.45, 2.75) is 16.7 Å². The fourth-order valence-electron chi connectivity index (χ4n) is 3.06. The molecular weight excluding hydrogens is 490 g/mol. The first-order chi connectivity index (χ1) is 16.3. The molecule has 0 aromatic heterocycles. The Kier molecular flexibility index (Phi) is 7.11. The summed E-state index contributed by atoms with van der Waals surface area (Å²) in [6.07, 6.45) is 1.53. The SMILES string of the molecule is Cc1ccc(Sc2ccc(/C=C3\SC(=S)N(NC(=O)c4ccccc4)C3=O)cc2[N+](=O)[O-])cc1. The maximum atomic E-state index is 12.8. The minimum atomic E-state index is -0.500. The van der Waals surface area contributed by atoms with E-state index in [0.717, 1.165) is 27.2 Å². The normalized spacial score (nSPS) is 14.5. The molecule has 0 spiro atoms. The van der Waals surface area contributed by atoms with E-state index in [4.69, 9.17) is 12.2 Å². The lowest BCUT2D eigenvalue weighted by atomic mass is 10.2. The fourth-order valence-corrected chi connectivity index (χ4v) is 5.14. The average Bonchev–Trinajstić information content (AvgIpc) is 3.09. The van der Waals surface area contributed by atoms with E-state index in [9.17, 15) is 19.7 Å². The van der Waals surface area contributed by atoms with Crippen molar-refractivity contribution < 1.29 is 14.5 Å². The Labute approximate surface area is 209 Å². The molecule has 1 saturated heterocycles. The molecule has 1 N–H and O–H groups in total. The summed E-state index contributed by atoms with van der Waals surface area (Å²) in [5.41, 5.74) is 4.42. The predicted molar refractivity (Wildman–Crippen MR) is 137 cm³/mol. The Bertz CT molecular complexity index is 1330. The quantitative estimate of drug-likeness (QED) is 0.201. The Balaban J connectivity index is 1.55. The highest BCUT2D eigenvalue weighted by atomic mass is 32.2. The van der Waals surface area contributed by atoms with Crippen molar-refractivity contribution in [1.29, 1.82) is 0 Å². The number of nitro benzene ring substituents is 1. The second-order valence-corrected chi connectivity index (χ2v) is 10.0. The topological polar surface area (TPSA) is 92.6 Å². The average molecular weight is 508 g/mol. The third-order valence-electron chi connectivity index (χ3n) is 4.77. The molecule has 1 aliphatic rings. The highest BCUT2D eigenvalue weighted by molar-refractivity contribution is 8.26. The summed E-state index contributed by atoms with van der Waals surface area (Å²) in [6.45, 7) is 1.97. The molecule has 3 aromatic carbocycles. The molecule has 4 rings (SSSR count). The lowest BCUT2D eigenvalue weighted by molar-refractivity contribution is -0.387. The van der Waals surface area contributed by atoms with Crippen LogP contribution < -0.4 is 5.43 Å². The van der Waals surface area contributed by atoms with Gasteiger partial charge in [0.1, 0.15) is 0 Å². The van der Waals surface area contributed by atoms with Crippen LogP contribution in [0.3, 0.4) is 0 Å². The van der Waals surface area contributed by atoms with Gasteiger partial charge in [-0.05, 0) is 61.1 Å². The highest BCUT2D eigenvalue weighted by Crippen LogP contribution is 2.37. The summed E-state index contributed by atoms with van der Waals surface area (Å²) in [5, 5.41) is 12.7. The largest absolute Gasteiger partial charge is 0.285 e. The smallest absolute Gasteiger partial charge is 0.267 e. The van der Waals surface area contributed by atoms with Crippen molar-refractivity contribution in [3.8, 4) is 0 Å². The third-order valence-corrected chi connectivity index (χ3v) is 7.14. The van der Waals surface area contributed by atoms with Crippen LogP contribution in [-0.4, -0.2) is 26.1 Å². The monoisotopic (exact) mass is 507 g/mol. The van der Waals surface area contributed by atoms with Gasteiger partial charge in [0.15, 0.2) is 4.32 Å². The maximum absolute atomic E-state index is 12.8. The number of nitro groups is 1. The lowest BCUT2D eigenvalue weighted by Gasteiger charge is -2.15. The first kappa shape index (κ1) is 23.7. The van der Waals surface area contributed by atoms with Crippen molar-refractivity contribution in [3.63, 3.8) is 0 Å². The van der Waals surface area contributed by atoms with Gasteiger partial charge in [-0.15, -0.1) is 0 Å². The van der Waals surface area contributed by atoms with Crippen molar-refractivity contribution in [1.82, 2.24) is 10.4 Å². The van der Waals surface area contributed by atoms with Gasteiger partial charge in [-0.3, -0.25) is 25.1 Å². The zero-order chi connectivity index (χ0) is 24.2. The summed E-state index contributed by atoms with van der Waals surface area (Å²) in [5.74, 6) is -0.966. The summed E-state index contributed by atoms with van der Waals surface area (Å²) in [7, 11) is 0. The van der Waals surface area contributed by atoms with E-state index in [2.05, 4.69) is 5.43 Å². The van der Waals surface area contributed by atoms with Gasteiger partial charge in [-0.1, -0.05) is 65.5 Å². The van der Waals surface area contributed by atoms with E-state index in [1.54, 1.807) is 42.5 Å². The number of hydrazine groups is 1. The summed E-state index contributed by atoms with van der Waals surface area (Å²) in [6, 6.07) is 21.0. The van der Waals surface area contributed by atoms with Gasteiger partial charge < -0.3 is 0 Å². The molecule has 170 valence electrons. The van der Waals surface area contributed by atoms with Gasteiger partial charge in [-0.2, -0.15) is 5.01 Å². The van der Waals surface area contributed by atoms with Crippen LogP contribution in [0.4, 0.5) is 5.69 Å². The third kappa shape index (κ3) is 5.36. The summed E-state index contributed by atoms with van der Waals surface area (Å²) < 4.78 is 0.168. The number of hydrogen-bond donors (Lipinski definition) is 1. The summed E-state index contributed by atoms with van der Waals surface area (Å²) in [4.78, 5) is 38.1. The molecule has 0 saturated carbocycles. The zero-order valence-corrected chi connectivity index (χ0v) is 20.2. The molecule has 0 unspecified atom stereocenters. The van der Waals surface area contributed by atoms with E-state index < -0.39 is 16.7 Å².